The maximum Gasteiger partial charge on any atom is 0.301 e. The average molecular weight is 210 g/mol. The summed E-state index contributed by atoms with van der Waals surface area (Å²) in [6.45, 7) is -2.15. The minimum atomic E-state index is -4.03. The van der Waals surface area contributed by atoms with Crippen molar-refractivity contribution in [3.63, 3.8) is 0 Å². The predicted molar refractivity (Wildman–Crippen MR) is 39.4 cm³/mol. The average Bonchev–Trinajstić information content (AvgIpc) is 1.87. The number of hydrogen-bond donors (Lipinski definition) is 0. The zero-order valence-electron chi connectivity index (χ0n) is 5.18. The van der Waals surface area contributed by atoms with Crippen LogP contribution >= 0.6 is 0 Å². The first kappa shape index (κ1) is 18.2. The summed E-state index contributed by atoms with van der Waals surface area (Å²) >= 11 is 0. The van der Waals surface area contributed by atoms with Crippen molar-refractivity contribution >= 4 is 0 Å². The number of rotatable bonds is 3. The molecular weight excluding hydrogens is 198 g/mol. The van der Waals surface area contributed by atoms with Crippen molar-refractivity contribution < 1.29 is 26.3 Å². The van der Waals surface area contributed by atoms with Gasteiger partial charge in [0, 0.05) is 0 Å². The van der Waals surface area contributed by atoms with Crippen molar-refractivity contribution in [1.29, 1.82) is 0 Å². The Morgan fingerprint density at radius 1 is 1.00 bits per heavy atom. The normalized spacial score (nSPS) is 9.69. The summed E-state index contributed by atoms with van der Waals surface area (Å²) in [4.78, 5) is 0. The number of hydrogen-bond acceptors (Lipinski definition) is 0. The molecule has 0 aliphatic rings. The van der Waals surface area contributed by atoms with E-state index in [4.69, 9.17) is 0 Å². The largest absolute Gasteiger partial charge is 0.301 e. The van der Waals surface area contributed by atoms with Crippen LogP contribution in [0.25, 0.3) is 0 Å². The number of allylic oxidation sites excluding steroid dienone is 1. The monoisotopic (exact) mass is 210 g/mol. The van der Waals surface area contributed by atoms with Gasteiger partial charge in [0.1, 0.15) is 0 Å². The number of alkyl halides is 3. The molecule has 0 aromatic heterocycles. The molecule has 13 heavy (non-hydrogen) atoms. The molecule has 0 nitrogen and oxygen atoms in total. The topological polar surface area (TPSA) is 0 Å². The third kappa shape index (κ3) is 7.67. The van der Waals surface area contributed by atoms with Crippen LogP contribution in [0.4, 0.5) is 26.3 Å². The Balaban J connectivity index is -0.000000500. The molecule has 0 saturated carbocycles. The van der Waals surface area contributed by atoms with E-state index in [0.29, 0.717) is 0 Å². The highest BCUT2D eigenvalue weighted by molar-refractivity contribution is 4.95. The maximum atomic E-state index is 11.8. The molecule has 0 saturated heterocycles. The molecule has 0 aromatic rings. The van der Waals surface area contributed by atoms with E-state index in [9.17, 15) is 26.3 Å². The first-order valence-corrected chi connectivity index (χ1v) is 2.52. The lowest BCUT2D eigenvalue weighted by atomic mass is 10.2. The minimum Gasteiger partial charge on any atom is -0.244 e. The molecule has 6 heteroatoms. The molecule has 0 aromatic carbocycles. The molecule has 0 amide bonds. The lowest BCUT2D eigenvalue weighted by molar-refractivity contribution is -0.0271. The first-order chi connectivity index (χ1) is 4.89. The maximum absolute atomic E-state index is 11.8. The highest BCUT2D eigenvalue weighted by atomic mass is 19.3. The molecule has 0 rings (SSSR count). The van der Waals surface area contributed by atoms with E-state index in [1.807, 2.05) is 0 Å². The fourth-order valence-corrected chi connectivity index (χ4v) is 0.341. The molecule has 0 fully saturated rings. The van der Waals surface area contributed by atoms with Gasteiger partial charge in [-0.15, -0.1) is 0 Å². The van der Waals surface area contributed by atoms with Gasteiger partial charge >= 0.3 is 6.08 Å². The van der Waals surface area contributed by atoms with E-state index in [1.165, 1.54) is 0 Å². The van der Waals surface area contributed by atoms with Gasteiger partial charge in [0.05, 0.1) is 6.42 Å². The van der Waals surface area contributed by atoms with E-state index in [0.717, 1.165) is 0 Å². The van der Waals surface area contributed by atoms with Crippen molar-refractivity contribution in [2.24, 2.45) is 0 Å². The highest BCUT2D eigenvalue weighted by Crippen LogP contribution is 2.26. The molecule has 0 spiro atoms. The molecule has 0 atom stereocenters. The van der Waals surface area contributed by atoms with E-state index >= 15 is 0 Å². The lowest BCUT2D eigenvalue weighted by Crippen LogP contribution is -2.18. The summed E-state index contributed by atoms with van der Waals surface area (Å²) in [7, 11) is 0. The zero-order chi connectivity index (χ0) is 9.07. The van der Waals surface area contributed by atoms with Crippen molar-refractivity contribution in [1.82, 2.24) is 0 Å². The van der Waals surface area contributed by atoms with Gasteiger partial charge in [-0.05, 0) is 0 Å². The van der Waals surface area contributed by atoms with Crippen molar-refractivity contribution in [3.05, 3.63) is 11.9 Å². The summed E-state index contributed by atoms with van der Waals surface area (Å²) in [6, 6.07) is 0. The third-order valence-electron chi connectivity index (χ3n) is 0.814. The van der Waals surface area contributed by atoms with Crippen LogP contribution in [0.15, 0.2) is 11.9 Å². The minimum absolute atomic E-state index is 0. The molecular formula is C7H12F6. The van der Waals surface area contributed by atoms with Gasteiger partial charge in [0.15, 0.2) is 12.5 Å². The van der Waals surface area contributed by atoms with Crippen molar-refractivity contribution in [2.75, 3.05) is 6.67 Å². The fraction of sp³-hybridized carbons (Fsp3) is 0.714. The summed E-state index contributed by atoms with van der Waals surface area (Å²) < 4.78 is 68.8. The SMILES string of the molecule is C.C.FCC(F)(F)CC(F)=C(F)F. The second kappa shape index (κ2) is 6.80. The molecule has 82 valence electrons. The van der Waals surface area contributed by atoms with E-state index in [2.05, 4.69) is 0 Å². The highest BCUT2D eigenvalue weighted by Gasteiger charge is 2.32. The smallest absolute Gasteiger partial charge is 0.244 e. The van der Waals surface area contributed by atoms with Gasteiger partial charge in [0.2, 0.25) is 0 Å². The Kier molecular flexibility index (Phi) is 9.50. The van der Waals surface area contributed by atoms with E-state index < -0.39 is 30.9 Å². The quantitative estimate of drug-likeness (QED) is 0.608. The van der Waals surface area contributed by atoms with Crippen LogP contribution in [0.2, 0.25) is 0 Å². The van der Waals surface area contributed by atoms with E-state index in [-0.39, 0.29) is 14.9 Å². The summed E-state index contributed by atoms with van der Waals surface area (Å²) in [5.41, 5.74) is 0. The molecule has 0 bridgehead atoms. The van der Waals surface area contributed by atoms with Gasteiger partial charge in [-0.2, -0.15) is 8.78 Å². The second-order valence-electron chi connectivity index (χ2n) is 1.83. The van der Waals surface area contributed by atoms with Crippen LogP contribution in [0.3, 0.4) is 0 Å². The first-order valence-electron chi connectivity index (χ1n) is 2.52. The van der Waals surface area contributed by atoms with Gasteiger partial charge in [-0.1, -0.05) is 14.9 Å². The van der Waals surface area contributed by atoms with Crippen LogP contribution < -0.4 is 0 Å². The van der Waals surface area contributed by atoms with Gasteiger partial charge < -0.3 is 0 Å². The van der Waals surface area contributed by atoms with Crippen molar-refractivity contribution in [2.45, 2.75) is 27.2 Å². The lowest BCUT2D eigenvalue weighted by Gasteiger charge is -2.08. The van der Waals surface area contributed by atoms with Crippen molar-refractivity contribution in [3.8, 4) is 0 Å². The van der Waals surface area contributed by atoms with Crippen LogP contribution in [0.5, 0.6) is 0 Å². The summed E-state index contributed by atoms with van der Waals surface area (Å²) in [5.74, 6) is -6.30. The fourth-order valence-electron chi connectivity index (χ4n) is 0.341. The van der Waals surface area contributed by atoms with Crippen LogP contribution in [-0.2, 0) is 0 Å². The third-order valence-corrected chi connectivity index (χ3v) is 0.814. The predicted octanol–water partition coefficient (Wildman–Crippen LogP) is 4.33. The van der Waals surface area contributed by atoms with Gasteiger partial charge in [0.25, 0.3) is 5.92 Å². The molecule has 0 radical (unpaired) electrons. The summed E-state index contributed by atoms with van der Waals surface area (Å²) in [5, 5.41) is 0. The van der Waals surface area contributed by atoms with Crippen LogP contribution in [0.1, 0.15) is 21.3 Å². The Hall–Kier alpha value is -0.680. The van der Waals surface area contributed by atoms with Gasteiger partial charge in [-0.3, -0.25) is 0 Å². The Morgan fingerprint density at radius 2 is 1.38 bits per heavy atom. The summed E-state index contributed by atoms with van der Waals surface area (Å²) in [6.07, 6.45) is -4.72. The Morgan fingerprint density at radius 3 is 1.62 bits per heavy atom. The molecule has 0 aliphatic carbocycles. The Bertz CT molecular complexity index is 158. The standard InChI is InChI=1S/C5H4F6.2CH4/c6-2-5(10,11)1-3(7)4(8)9;;/h1-2H2;2*1H4. The molecule has 0 aliphatic heterocycles. The number of halogens is 6. The second-order valence-corrected chi connectivity index (χ2v) is 1.83. The molecule has 0 unspecified atom stereocenters. The van der Waals surface area contributed by atoms with Gasteiger partial charge in [-0.25, -0.2) is 17.6 Å². The Labute approximate surface area is 73.2 Å². The van der Waals surface area contributed by atoms with Crippen LogP contribution in [-0.4, -0.2) is 12.6 Å². The molecule has 0 heterocycles. The van der Waals surface area contributed by atoms with Crippen LogP contribution in [0, 0.1) is 0 Å². The van der Waals surface area contributed by atoms with E-state index in [1.54, 1.807) is 0 Å². The molecule has 0 N–H and O–H groups in total. The zero-order valence-corrected chi connectivity index (χ0v) is 5.18.